The number of allylic oxidation sites excluding steroid dienone is 4. The predicted molar refractivity (Wildman–Crippen MR) is 339 cm³/mol. The SMILES string of the molecule is CCC1=C(C)C(=O)N=C1/C=c1\[nH]/c(=C\c2[nH]c(/C=C3/N=C(OC[C@@H]4CCCC[C@H]4COC4=N/C(=C/c5[nH]c(/C=c6\[nH]/c(=C\C7=NC(=O)C(C)=C7CC)c(C)c6CC)c(CC)c5C)C(CC)=C4C)C(C)=C3CC)c(C)c2CC)c(CC)c1C. The number of aromatic amines is 4. The first-order valence-corrected chi connectivity index (χ1v) is 30.6. The summed E-state index contributed by atoms with van der Waals surface area (Å²) in [6.07, 6.45) is 24.3. The molecule has 0 saturated heterocycles. The molecular weight excluding hydrogens is 1020 g/mol. The summed E-state index contributed by atoms with van der Waals surface area (Å²) < 4.78 is 13.5. The number of carbonyl (C=O) groups is 2. The van der Waals surface area contributed by atoms with Crippen molar-refractivity contribution >= 4 is 71.5 Å². The van der Waals surface area contributed by atoms with Crippen molar-refractivity contribution in [1.29, 1.82) is 0 Å². The number of hydrogen-bond donors (Lipinski definition) is 4. The maximum Gasteiger partial charge on any atom is 0.273 e. The average Bonchev–Trinajstić information content (AvgIpc) is 4.54. The van der Waals surface area contributed by atoms with Crippen molar-refractivity contribution in [2.24, 2.45) is 31.8 Å². The van der Waals surface area contributed by atoms with Gasteiger partial charge in [0, 0.05) is 66.5 Å². The van der Waals surface area contributed by atoms with Crippen molar-refractivity contribution in [3.8, 4) is 0 Å². The van der Waals surface area contributed by atoms with Crippen molar-refractivity contribution < 1.29 is 19.1 Å². The first kappa shape index (κ1) is 59.3. The quantitative estimate of drug-likeness (QED) is 0.0780. The molecule has 1 saturated carbocycles. The highest BCUT2D eigenvalue weighted by Gasteiger charge is 2.31. The number of H-pyrrole nitrogens is 4. The Morgan fingerprint density at radius 2 is 0.756 bits per heavy atom. The van der Waals surface area contributed by atoms with Gasteiger partial charge in [-0.2, -0.15) is 0 Å². The van der Waals surface area contributed by atoms with Crippen molar-refractivity contribution in [3.63, 3.8) is 0 Å². The molecule has 4 aromatic rings. The summed E-state index contributed by atoms with van der Waals surface area (Å²) in [6.45, 7) is 35.3. The van der Waals surface area contributed by atoms with E-state index in [0.717, 1.165) is 176 Å². The molecule has 0 bridgehead atoms. The van der Waals surface area contributed by atoms with E-state index in [-0.39, 0.29) is 11.8 Å². The largest absolute Gasteiger partial charge is 0.477 e. The molecule has 4 N–H and O–H groups in total. The summed E-state index contributed by atoms with van der Waals surface area (Å²) in [5, 5.41) is 4.12. The Morgan fingerprint density at radius 3 is 1.10 bits per heavy atom. The van der Waals surface area contributed by atoms with Crippen LogP contribution in [0.15, 0.2) is 75.9 Å². The summed E-state index contributed by atoms with van der Waals surface area (Å²) in [5.74, 6) is 1.83. The fourth-order valence-corrected chi connectivity index (χ4v) is 13.4. The van der Waals surface area contributed by atoms with Gasteiger partial charge >= 0.3 is 0 Å². The number of hydrogen-bond acceptors (Lipinski definition) is 6. The van der Waals surface area contributed by atoms with E-state index in [1.807, 2.05) is 26.0 Å². The second-order valence-corrected chi connectivity index (χ2v) is 23.0. The third-order valence-corrected chi connectivity index (χ3v) is 18.5. The summed E-state index contributed by atoms with van der Waals surface area (Å²) in [5.41, 5.74) is 25.7. The lowest BCUT2D eigenvalue weighted by atomic mass is 9.80. The molecule has 9 rings (SSSR count). The van der Waals surface area contributed by atoms with E-state index in [1.165, 1.54) is 68.5 Å². The normalized spacial score (nSPS) is 20.7. The molecule has 432 valence electrons. The van der Waals surface area contributed by atoms with Crippen molar-refractivity contribution in [3.05, 3.63) is 145 Å². The Bertz CT molecular complexity index is 3620. The Morgan fingerprint density at radius 1 is 0.390 bits per heavy atom. The highest BCUT2D eigenvalue weighted by atomic mass is 16.5. The van der Waals surface area contributed by atoms with E-state index in [0.29, 0.717) is 25.0 Å². The first-order chi connectivity index (χ1) is 39.4. The number of amides is 2. The van der Waals surface area contributed by atoms with Gasteiger partial charge in [0.25, 0.3) is 11.8 Å². The highest BCUT2D eigenvalue weighted by Crippen LogP contribution is 2.37. The Hall–Kier alpha value is -7.34. The number of aromatic nitrogens is 4. The molecule has 4 aromatic heterocycles. The lowest BCUT2D eigenvalue weighted by Crippen LogP contribution is -2.29. The Balaban J connectivity index is 0.915. The molecule has 0 aromatic carbocycles. The van der Waals surface area contributed by atoms with Crippen molar-refractivity contribution in [2.75, 3.05) is 13.2 Å². The molecule has 2 atom stereocenters. The highest BCUT2D eigenvalue weighted by molar-refractivity contribution is 6.31. The molecular formula is C70H88N8O4. The van der Waals surface area contributed by atoms with Crippen LogP contribution < -0.4 is 21.4 Å². The minimum atomic E-state index is -0.140. The van der Waals surface area contributed by atoms with Gasteiger partial charge in [-0.05, 0) is 235 Å². The van der Waals surface area contributed by atoms with Gasteiger partial charge in [0.15, 0.2) is 0 Å². The Labute approximate surface area is 485 Å². The van der Waals surface area contributed by atoms with Crippen LogP contribution in [0.1, 0.15) is 202 Å². The van der Waals surface area contributed by atoms with Gasteiger partial charge in [-0.1, -0.05) is 68.2 Å². The molecule has 0 unspecified atom stereocenters. The molecule has 0 radical (unpaired) electrons. The molecule has 8 heterocycles. The first-order valence-electron chi connectivity index (χ1n) is 30.6. The fourth-order valence-electron chi connectivity index (χ4n) is 13.4. The third-order valence-electron chi connectivity index (χ3n) is 18.5. The molecule has 4 aliphatic heterocycles. The summed E-state index contributed by atoms with van der Waals surface area (Å²) in [6, 6.07) is 0. The van der Waals surface area contributed by atoms with Crippen molar-refractivity contribution in [2.45, 2.75) is 188 Å². The maximum atomic E-state index is 12.5. The van der Waals surface area contributed by atoms with Crippen LogP contribution >= 0.6 is 0 Å². The van der Waals surface area contributed by atoms with Crippen LogP contribution in [-0.2, 0) is 44.7 Å². The lowest BCUT2D eigenvalue weighted by molar-refractivity contribution is -0.114. The van der Waals surface area contributed by atoms with Crippen LogP contribution in [0.5, 0.6) is 0 Å². The van der Waals surface area contributed by atoms with Crippen molar-refractivity contribution in [1.82, 2.24) is 19.9 Å². The average molecular weight is 1110 g/mol. The smallest absolute Gasteiger partial charge is 0.273 e. The standard InChI is InChI=1S/C70H88N8O4/c1-17-47-37(9)55(29-63-51(21-5)41(13)67(79)75-63)71-59(47)33-61-49(19-3)39(11)57(73-61)31-65-53(23-7)43(15)69(77-65)81-35-45-27-25-26-28-46(45)36-82-70-44(16)54(24-8)66(78-70)32-58-40(12)50(20-4)62(74-58)34-60-48(18-2)38(10)56(72-60)30-64-52(22-6)42(14)68(80)76-64/h29-34,45-46,71-74H,17-28,35-36H2,1-16H3/b55-29-,56-30-,59-33-,60-34-,65-31+,66-32+/t45-,46-/m0/s1. The molecule has 1 fully saturated rings. The van der Waals surface area contributed by atoms with E-state index in [2.05, 4.69) is 151 Å². The van der Waals surface area contributed by atoms with E-state index in [4.69, 9.17) is 19.5 Å². The van der Waals surface area contributed by atoms with Crippen LogP contribution in [0.25, 0.3) is 36.5 Å². The van der Waals surface area contributed by atoms with E-state index in [1.54, 1.807) is 0 Å². The summed E-state index contributed by atoms with van der Waals surface area (Å²) in [4.78, 5) is 59.2. The molecule has 2 amide bonds. The zero-order valence-electron chi connectivity index (χ0n) is 51.9. The minimum absolute atomic E-state index is 0.140. The third kappa shape index (κ3) is 11.3. The van der Waals surface area contributed by atoms with E-state index in [9.17, 15) is 9.59 Å². The minimum Gasteiger partial charge on any atom is -0.477 e. The topological polar surface area (TPSA) is 165 Å². The van der Waals surface area contributed by atoms with Crippen LogP contribution in [0.3, 0.4) is 0 Å². The van der Waals surface area contributed by atoms with Gasteiger partial charge in [0.1, 0.15) is 0 Å². The zero-order chi connectivity index (χ0) is 58.8. The molecule has 5 aliphatic rings. The number of carbonyl (C=O) groups excluding carboxylic acids is 2. The molecule has 12 nitrogen and oxygen atoms in total. The molecule has 1 aliphatic carbocycles. The van der Waals surface area contributed by atoms with Crippen LogP contribution in [0.2, 0.25) is 0 Å². The van der Waals surface area contributed by atoms with Crippen LogP contribution in [0, 0.1) is 39.5 Å². The van der Waals surface area contributed by atoms with Gasteiger partial charge in [-0.15, -0.1) is 0 Å². The lowest BCUT2D eigenvalue weighted by Gasteiger charge is -2.31. The van der Waals surface area contributed by atoms with Crippen LogP contribution in [0.4, 0.5) is 0 Å². The van der Waals surface area contributed by atoms with Crippen LogP contribution in [-0.4, -0.2) is 68.2 Å². The van der Waals surface area contributed by atoms with Gasteiger partial charge in [-0.25, -0.2) is 20.0 Å². The second kappa shape index (κ2) is 25.0. The number of rotatable bonds is 18. The van der Waals surface area contributed by atoms with Gasteiger partial charge in [0.2, 0.25) is 11.8 Å². The molecule has 82 heavy (non-hydrogen) atoms. The zero-order valence-corrected chi connectivity index (χ0v) is 51.9. The fraction of sp³-hybridized carbons (Fsp3) is 0.457. The Kier molecular flexibility index (Phi) is 18.1. The molecule has 0 spiro atoms. The van der Waals surface area contributed by atoms with Gasteiger partial charge < -0.3 is 29.4 Å². The molecule has 12 heteroatoms. The predicted octanol–water partition coefficient (Wildman–Crippen LogP) is 12.6. The number of nitrogens with one attached hydrogen (secondary N) is 4. The van der Waals surface area contributed by atoms with Gasteiger partial charge in [-0.3, -0.25) is 9.59 Å². The number of aliphatic imine (C=N–C) groups is 4. The summed E-state index contributed by atoms with van der Waals surface area (Å²) in [7, 11) is 0. The monoisotopic (exact) mass is 1100 g/mol. The maximum absolute atomic E-state index is 12.5. The number of ether oxygens (including phenoxy) is 2. The van der Waals surface area contributed by atoms with Gasteiger partial charge in [0.05, 0.1) is 36.0 Å². The second-order valence-electron chi connectivity index (χ2n) is 23.0. The summed E-state index contributed by atoms with van der Waals surface area (Å²) >= 11 is 0. The van der Waals surface area contributed by atoms with E-state index < -0.39 is 0 Å². The van der Waals surface area contributed by atoms with E-state index >= 15 is 0 Å². The number of nitrogens with zero attached hydrogens (tertiary/aromatic N) is 4.